The molecule has 1 amide bonds. The number of rotatable bonds is 5. The molecule has 0 aromatic heterocycles. The molecule has 0 aliphatic heterocycles. The molecule has 3 N–H and O–H groups in total. The fourth-order valence-corrected chi connectivity index (χ4v) is 1.92. The first-order chi connectivity index (χ1) is 9.35. The van der Waals surface area contributed by atoms with E-state index < -0.39 is 12.0 Å². The van der Waals surface area contributed by atoms with E-state index in [-0.39, 0.29) is 11.8 Å². The number of nitrogens with two attached hydrogens (primary N) is 1. The van der Waals surface area contributed by atoms with Gasteiger partial charge in [-0.05, 0) is 30.5 Å². The maximum absolute atomic E-state index is 12.1. The third-order valence-electron chi connectivity index (χ3n) is 2.76. The quantitative estimate of drug-likeness (QED) is 0.645. The fourth-order valence-electron chi connectivity index (χ4n) is 1.74. The van der Waals surface area contributed by atoms with E-state index >= 15 is 0 Å². The number of carbonyl (C=O) groups excluding carboxylic acids is 2. The molecule has 110 valence electrons. The molecule has 1 aromatic rings. The van der Waals surface area contributed by atoms with Crippen LogP contribution >= 0.6 is 11.6 Å². The molecule has 0 saturated carbocycles. The minimum absolute atomic E-state index is 0.245. The second-order valence-electron chi connectivity index (χ2n) is 4.92. The molecule has 1 atom stereocenters. The SMILES string of the molecule is COC(=O)C(CC(C)C)NC(=O)c1ccc(N)c(Cl)c1. The Morgan fingerprint density at radius 1 is 1.40 bits per heavy atom. The number of benzene rings is 1. The number of carbonyl (C=O) groups is 2. The van der Waals surface area contributed by atoms with E-state index in [1.54, 1.807) is 12.1 Å². The zero-order valence-corrected chi connectivity index (χ0v) is 12.5. The highest BCUT2D eigenvalue weighted by Gasteiger charge is 2.23. The van der Waals surface area contributed by atoms with Gasteiger partial charge in [0, 0.05) is 5.56 Å². The highest BCUT2D eigenvalue weighted by molar-refractivity contribution is 6.33. The summed E-state index contributed by atoms with van der Waals surface area (Å²) in [5.74, 6) is -0.606. The van der Waals surface area contributed by atoms with Gasteiger partial charge in [-0.3, -0.25) is 4.79 Å². The second-order valence-corrected chi connectivity index (χ2v) is 5.32. The summed E-state index contributed by atoms with van der Waals surface area (Å²) in [5.41, 5.74) is 6.34. The van der Waals surface area contributed by atoms with E-state index in [0.29, 0.717) is 22.7 Å². The van der Waals surface area contributed by atoms with Crippen molar-refractivity contribution >= 4 is 29.2 Å². The maximum Gasteiger partial charge on any atom is 0.328 e. The zero-order valence-electron chi connectivity index (χ0n) is 11.8. The molecule has 5 nitrogen and oxygen atoms in total. The molecule has 0 aliphatic rings. The predicted molar refractivity (Wildman–Crippen MR) is 78.6 cm³/mol. The fraction of sp³-hybridized carbons (Fsp3) is 0.429. The van der Waals surface area contributed by atoms with Gasteiger partial charge in [-0.25, -0.2) is 4.79 Å². The Labute approximate surface area is 123 Å². The molecule has 0 radical (unpaired) electrons. The van der Waals surface area contributed by atoms with Crippen molar-refractivity contribution in [2.75, 3.05) is 12.8 Å². The predicted octanol–water partition coefficient (Wildman–Crippen LogP) is 2.24. The number of anilines is 1. The summed E-state index contributed by atoms with van der Waals surface area (Å²) in [6.45, 7) is 3.92. The van der Waals surface area contributed by atoms with Crippen LogP contribution in [-0.2, 0) is 9.53 Å². The maximum atomic E-state index is 12.1. The van der Waals surface area contributed by atoms with E-state index in [4.69, 9.17) is 22.1 Å². The normalized spacial score (nSPS) is 12.1. The van der Waals surface area contributed by atoms with Crippen LogP contribution in [0.25, 0.3) is 0 Å². The van der Waals surface area contributed by atoms with Gasteiger partial charge in [-0.2, -0.15) is 0 Å². The number of amides is 1. The molecule has 20 heavy (non-hydrogen) atoms. The molecule has 0 saturated heterocycles. The summed E-state index contributed by atoms with van der Waals surface area (Å²) >= 11 is 5.87. The molecule has 0 bridgehead atoms. The topological polar surface area (TPSA) is 81.4 Å². The smallest absolute Gasteiger partial charge is 0.328 e. The second kappa shape index (κ2) is 7.14. The third kappa shape index (κ3) is 4.42. The van der Waals surface area contributed by atoms with Gasteiger partial charge in [-0.15, -0.1) is 0 Å². The van der Waals surface area contributed by atoms with E-state index in [9.17, 15) is 9.59 Å². The van der Waals surface area contributed by atoms with Crippen molar-refractivity contribution in [1.82, 2.24) is 5.32 Å². The summed E-state index contributed by atoms with van der Waals surface area (Å²) in [6.07, 6.45) is 0.501. The lowest BCUT2D eigenvalue weighted by atomic mass is 10.0. The van der Waals surface area contributed by atoms with E-state index in [0.717, 1.165) is 0 Å². The number of nitrogens with one attached hydrogen (secondary N) is 1. The molecule has 1 unspecified atom stereocenters. The van der Waals surface area contributed by atoms with Crippen molar-refractivity contribution in [3.8, 4) is 0 Å². The Morgan fingerprint density at radius 3 is 2.55 bits per heavy atom. The first-order valence-corrected chi connectivity index (χ1v) is 6.66. The summed E-state index contributed by atoms with van der Waals surface area (Å²) in [4.78, 5) is 23.8. The van der Waals surface area contributed by atoms with Gasteiger partial charge in [0.25, 0.3) is 5.91 Å². The average molecular weight is 299 g/mol. The molecule has 6 heteroatoms. The lowest BCUT2D eigenvalue weighted by Crippen LogP contribution is -2.42. The van der Waals surface area contributed by atoms with Gasteiger partial charge in [0.2, 0.25) is 0 Å². The van der Waals surface area contributed by atoms with E-state index in [1.807, 2.05) is 13.8 Å². The molecule has 0 aliphatic carbocycles. The Bertz CT molecular complexity index is 503. The largest absolute Gasteiger partial charge is 0.467 e. The van der Waals surface area contributed by atoms with E-state index in [2.05, 4.69) is 5.32 Å². The van der Waals surface area contributed by atoms with Gasteiger partial charge >= 0.3 is 5.97 Å². The van der Waals surface area contributed by atoms with Crippen molar-refractivity contribution in [1.29, 1.82) is 0 Å². The highest BCUT2D eigenvalue weighted by atomic mass is 35.5. The van der Waals surface area contributed by atoms with Gasteiger partial charge in [0.15, 0.2) is 0 Å². The Kier molecular flexibility index (Phi) is 5.82. The van der Waals surface area contributed by atoms with Crippen LogP contribution in [0.5, 0.6) is 0 Å². The summed E-state index contributed by atoms with van der Waals surface area (Å²) in [7, 11) is 1.29. The number of hydrogen-bond donors (Lipinski definition) is 2. The lowest BCUT2D eigenvalue weighted by molar-refractivity contribution is -0.143. The van der Waals surface area contributed by atoms with Crippen LogP contribution in [0.2, 0.25) is 5.02 Å². The Morgan fingerprint density at radius 2 is 2.05 bits per heavy atom. The number of nitrogen functional groups attached to an aromatic ring is 1. The molecule has 1 rings (SSSR count). The van der Waals surface area contributed by atoms with Gasteiger partial charge in [0.05, 0.1) is 17.8 Å². The molecular weight excluding hydrogens is 280 g/mol. The van der Waals surface area contributed by atoms with Crippen LogP contribution in [0.3, 0.4) is 0 Å². The van der Waals surface area contributed by atoms with Crippen LogP contribution in [0.1, 0.15) is 30.6 Å². The molecule has 1 aromatic carbocycles. The van der Waals surface area contributed by atoms with Gasteiger partial charge < -0.3 is 15.8 Å². The highest BCUT2D eigenvalue weighted by Crippen LogP contribution is 2.19. The van der Waals surface area contributed by atoms with E-state index in [1.165, 1.54) is 13.2 Å². The van der Waals surface area contributed by atoms with Gasteiger partial charge in [0.1, 0.15) is 6.04 Å². The molecule has 0 heterocycles. The van der Waals surface area contributed by atoms with Gasteiger partial charge in [-0.1, -0.05) is 25.4 Å². The number of hydrogen-bond acceptors (Lipinski definition) is 4. The van der Waals surface area contributed by atoms with Crippen molar-refractivity contribution in [2.45, 2.75) is 26.3 Å². The van der Waals surface area contributed by atoms with Crippen molar-refractivity contribution in [3.05, 3.63) is 28.8 Å². The third-order valence-corrected chi connectivity index (χ3v) is 3.09. The summed E-state index contributed by atoms with van der Waals surface area (Å²) in [6, 6.07) is 3.90. The minimum atomic E-state index is -0.677. The number of methoxy groups -OCH3 is 1. The Hall–Kier alpha value is -1.75. The summed E-state index contributed by atoms with van der Waals surface area (Å²) in [5, 5.41) is 2.95. The summed E-state index contributed by atoms with van der Waals surface area (Å²) < 4.78 is 4.69. The first kappa shape index (κ1) is 16.3. The van der Waals surface area contributed by atoms with Crippen LogP contribution in [-0.4, -0.2) is 25.0 Å². The van der Waals surface area contributed by atoms with Crippen LogP contribution < -0.4 is 11.1 Å². The lowest BCUT2D eigenvalue weighted by Gasteiger charge is -2.18. The number of halogens is 1. The van der Waals surface area contributed by atoms with Crippen LogP contribution in [0, 0.1) is 5.92 Å². The van der Waals surface area contributed by atoms with Crippen molar-refractivity contribution in [2.24, 2.45) is 5.92 Å². The Balaban J connectivity index is 2.84. The van der Waals surface area contributed by atoms with Crippen molar-refractivity contribution in [3.63, 3.8) is 0 Å². The number of ether oxygens (including phenoxy) is 1. The van der Waals surface area contributed by atoms with Crippen LogP contribution in [0.4, 0.5) is 5.69 Å². The standard InChI is InChI=1S/C14H19ClN2O3/c1-8(2)6-12(14(19)20-3)17-13(18)9-4-5-11(16)10(15)7-9/h4-5,7-8,12H,6,16H2,1-3H3,(H,17,18). The van der Waals surface area contributed by atoms with Crippen molar-refractivity contribution < 1.29 is 14.3 Å². The molecule has 0 spiro atoms. The number of esters is 1. The van der Waals surface area contributed by atoms with Crippen LogP contribution in [0.15, 0.2) is 18.2 Å². The average Bonchev–Trinajstić information content (AvgIpc) is 2.39. The molecular formula is C14H19ClN2O3. The molecule has 0 fully saturated rings. The first-order valence-electron chi connectivity index (χ1n) is 6.28. The zero-order chi connectivity index (χ0) is 15.3. The monoisotopic (exact) mass is 298 g/mol. The minimum Gasteiger partial charge on any atom is -0.467 e.